The third kappa shape index (κ3) is 6.37. The van der Waals surface area contributed by atoms with Crippen molar-refractivity contribution in [1.82, 2.24) is 16.2 Å². The van der Waals surface area contributed by atoms with Crippen LogP contribution in [0, 0.1) is 11.7 Å². The highest BCUT2D eigenvalue weighted by Crippen LogP contribution is 2.11. The van der Waals surface area contributed by atoms with E-state index in [2.05, 4.69) is 16.2 Å². The zero-order chi connectivity index (χ0) is 19.8. The number of amides is 3. The fourth-order valence-corrected chi connectivity index (χ4v) is 2.71. The van der Waals surface area contributed by atoms with E-state index in [1.54, 1.807) is 31.4 Å². The van der Waals surface area contributed by atoms with E-state index < -0.39 is 23.7 Å². The molecule has 1 aromatic carbocycles. The Hall–Kier alpha value is -2.94. The fraction of sp³-hybridized carbons (Fsp3) is 0.278. The van der Waals surface area contributed by atoms with Gasteiger partial charge < -0.3 is 10.1 Å². The Morgan fingerprint density at radius 3 is 2.41 bits per heavy atom. The summed E-state index contributed by atoms with van der Waals surface area (Å²) in [5.74, 6) is -1.79. The zero-order valence-electron chi connectivity index (χ0n) is 14.8. The molecule has 0 aliphatic rings. The highest BCUT2D eigenvalue weighted by atomic mass is 32.1. The van der Waals surface area contributed by atoms with Gasteiger partial charge >= 0.3 is 0 Å². The van der Waals surface area contributed by atoms with Crippen molar-refractivity contribution in [2.75, 3.05) is 6.61 Å². The van der Waals surface area contributed by atoms with E-state index in [4.69, 9.17) is 4.74 Å². The maximum absolute atomic E-state index is 12.8. The second kappa shape index (κ2) is 9.67. The van der Waals surface area contributed by atoms with Gasteiger partial charge in [-0.15, -0.1) is 11.3 Å². The molecular weight excluding hydrogens is 373 g/mol. The molecule has 27 heavy (non-hydrogen) atoms. The van der Waals surface area contributed by atoms with E-state index in [1.165, 1.54) is 35.6 Å². The number of hydrogen-bond donors (Lipinski definition) is 3. The quantitative estimate of drug-likeness (QED) is 0.626. The largest absolute Gasteiger partial charge is 0.484 e. The highest BCUT2D eigenvalue weighted by Gasteiger charge is 2.25. The van der Waals surface area contributed by atoms with Gasteiger partial charge in [-0.1, -0.05) is 19.9 Å². The third-order valence-corrected chi connectivity index (χ3v) is 4.36. The van der Waals surface area contributed by atoms with Crippen molar-refractivity contribution < 1.29 is 23.5 Å². The molecular formula is C18H20FN3O4S. The van der Waals surface area contributed by atoms with E-state index in [9.17, 15) is 18.8 Å². The lowest BCUT2D eigenvalue weighted by atomic mass is 10.0. The SMILES string of the molecule is CC(C)[C@H](NC(=O)c1cccs1)C(=O)NNC(=O)COc1ccc(F)cc1. The number of hydrazine groups is 1. The number of halogens is 1. The van der Waals surface area contributed by atoms with Crippen LogP contribution >= 0.6 is 11.3 Å². The Balaban J connectivity index is 1.81. The van der Waals surface area contributed by atoms with Gasteiger partial charge in [0.15, 0.2) is 6.61 Å². The van der Waals surface area contributed by atoms with Crippen molar-refractivity contribution in [2.45, 2.75) is 19.9 Å². The van der Waals surface area contributed by atoms with Crippen LogP contribution < -0.4 is 20.9 Å². The lowest BCUT2D eigenvalue weighted by molar-refractivity contribution is -0.131. The molecule has 0 aliphatic heterocycles. The summed E-state index contributed by atoms with van der Waals surface area (Å²) in [6.45, 7) is 3.19. The second-order valence-corrected chi connectivity index (χ2v) is 6.90. The van der Waals surface area contributed by atoms with Crippen molar-refractivity contribution in [2.24, 2.45) is 5.92 Å². The van der Waals surface area contributed by atoms with Crippen LogP contribution in [0.2, 0.25) is 0 Å². The predicted molar refractivity (Wildman–Crippen MR) is 98.6 cm³/mol. The van der Waals surface area contributed by atoms with Gasteiger partial charge in [0.05, 0.1) is 4.88 Å². The van der Waals surface area contributed by atoms with Crippen LogP contribution in [0.3, 0.4) is 0 Å². The smallest absolute Gasteiger partial charge is 0.276 e. The molecule has 0 aliphatic carbocycles. The highest BCUT2D eigenvalue weighted by molar-refractivity contribution is 7.12. The van der Waals surface area contributed by atoms with Crippen molar-refractivity contribution in [3.8, 4) is 5.75 Å². The molecule has 7 nitrogen and oxygen atoms in total. The number of nitrogens with one attached hydrogen (secondary N) is 3. The van der Waals surface area contributed by atoms with Gasteiger partial charge in [-0.2, -0.15) is 0 Å². The minimum atomic E-state index is -0.821. The zero-order valence-corrected chi connectivity index (χ0v) is 15.6. The van der Waals surface area contributed by atoms with Gasteiger partial charge in [-0.05, 0) is 41.6 Å². The molecule has 1 atom stereocenters. The summed E-state index contributed by atoms with van der Waals surface area (Å²) in [4.78, 5) is 36.7. The van der Waals surface area contributed by atoms with Crippen LogP contribution in [-0.2, 0) is 9.59 Å². The number of ether oxygens (including phenoxy) is 1. The maximum Gasteiger partial charge on any atom is 0.276 e. The Morgan fingerprint density at radius 2 is 1.81 bits per heavy atom. The average Bonchev–Trinajstić information content (AvgIpc) is 3.18. The van der Waals surface area contributed by atoms with Crippen LogP contribution in [0.4, 0.5) is 4.39 Å². The van der Waals surface area contributed by atoms with Crippen molar-refractivity contribution in [1.29, 1.82) is 0 Å². The molecule has 1 aromatic heterocycles. The van der Waals surface area contributed by atoms with Crippen LogP contribution in [-0.4, -0.2) is 30.4 Å². The van der Waals surface area contributed by atoms with Crippen molar-refractivity contribution in [3.63, 3.8) is 0 Å². The first kappa shape index (κ1) is 20.4. The van der Waals surface area contributed by atoms with Gasteiger partial charge in [-0.3, -0.25) is 25.2 Å². The molecule has 2 rings (SSSR count). The maximum atomic E-state index is 12.8. The van der Waals surface area contributed by atoms with Gasteiger partial charge in [-0.25, -0.2) is 4.39 Å². The first-order valence-corrected chi connectivity index (χ1v) is 9.06. The minimum absolute atomic E-state index is 0.193. The molecule has 0 radical (unpaired) electrons. The van der Waals surface area contributed by atoms with Crippen molar-refractivity contribution in [3.05, 3.63) is 52.5 Å². The van der Waals surface area contributed by atoms with E-state index in [1.807, 2.05) is 0 Å². The molecule has 0 spiro atoms. The standard InChI is InChI=1S/C18H20FN3O4S/c1-11(2)16(20-17(24)14-4-3-9-27-14)18(25)22-21-15(23)10-26-13-7-5-12(19)6-8-13/h3-9,11,16H,10H2,1-2H3,(H,20,24)(H,21,23)(H,22,25)/t16-/m0/s1. The first-order valence-electron chi connectivity index (χ1n) is 8.18. The summed E-state index contributed by atoms with van der Waals surface area (Å²) in [5.41, 5.74) is 4.49. The number of benzene rings is 1. The van der Waals surface area contributed by atoms with Crippen molar-refractivity contribution >= 4 is 29.1 Å². The Morgan fingerprint density at radius 1 is 1.11 bits per heavy atom. The number of carbonyl (C=O) groups excluding carboxylic acids is 3. The molecule has 144 valence electrons. The topological polar surface area (TPSA) is 96.5 Å². The van der Waals surface area contributed by atoms with E-state index in [0.717, 1.165) is 0 Å². The average molecular weight is 393 g/mol. The van der Waals surface area contributed by atoms with Crippen LogP contribution in [0.1, 0.15) is 23.5 Å². The minimum Gasteiger partial charge on any atom is -0.484 e. The molecule has 2 aromatic rings. The summed E-state index contributed by atoms with van der Waals surface area (Å²) in [6.07, 6.45) is 0. The Bertz CT molecular complexity index is 778. The summed E-state index contributed by atoms with van der Waals surface area (Å²) >= 11 is 1.27. The Kier molecular flexibility index (Phi) is 7.30. The summed E-state index contributed by atoms with van der Waals surface area (Å²) in [7, 11) is 0. The van der Waals surface area contributed by atoms with Gasteiger partial charge in [0.25, 0.3) is 17.7 Å². The molecule has 3 amide bonds. The normalized spacial score (nSPS) is 11.6. The molecule has 1 heterocycles. The molecule has 0 bridgehead atoms. The summed E-state index contributed by atoms with van der Waals surface area (Å²) in [6, 6.07) is 7.76. The van der Waals surface area contributed by atoms with E-state index in [0.29, 0.717) is 10.6 Å². The van der Waals surface area contributed by atoms with E-state index >= 15 is 0 Å². The molecule has 0 fully saturated rings. The van der Waals surface area contributed by atoms with Crippen LogP contribution in [0.5, 0.6) is 5.75 Å². The van der Waals surface area contributed by atoms with Gasteiger partial charge in [0, 0.05) is 0 Å². The number of hydrogen-bond acceptors (Lipinski definition) is 5. The van der Waals surface area contributed by atoms with Gasteiger partial charge in [0.1, 0.15) is 17.6 Å². The van der Waals surface area contributed by atoms with Crippen LogP contribution in [0.25, 0.3) is 0 Å². The lowest BCUT2D eigenvalue weighted by Gasteiger charge is -2.21. The number of carbonyl (C=O) groups is 3. The predicted octanol–water partition coefficient (Wildman–Crippen LogP) is 1.87. The number of thiophene rings is 1. The summed E-state index contributed by atoms with van der Waals surface area (Å²) < 4.78 is 18.0. The van der Waals surface area contributed by atoms with Gasteiger partial charge in [0.2, 0.25) is 0 Å². The Labute approximate surface area is 159 Å². The fourth-order valence-electron chi connectivity index (χ4n) is 2.08. The monoisotopic (exact) mass is 393 g/mol. The summed E-state index contributed by atoms with van der Waals surface area (Å²) in [5, 5.41) is 4.41. The molecule has 0 saturated carbocycles. The molecule has 0 saturated heterocycles. The molecule has 0 unspecified atom stereocenters. The molecule has 9 heteroatoms. The van der Waals surface area contributed by atoms with E-state index in [-0.39, 0.29) is 18.4 Å². The third-order valence-electron chi connectivity index (χ3n) is 3.49. The second-order valence-electron chi connectivity index (χ2n) is 5.95. The van der Waals surface area contributed by atoms with Crippen LogP contribution in [0.15, 0.2) is 41.8 Å². The molecule has 3 N–H and O–H groups in total. The lowest BCUT2D eigenvalue weighted by Crippen LogP contribution is -2.54. The number of rotatable bonds is 7. The first-order chi connectivity index (χ1) is 12.9.